The van der Waals surface area contributed by atoms with Gasteiger partial charge in [0.15, 0.2) is 0 Å². The fraction of sp³-hybridized carbons (Fsp3) is 0.421. The molecule has 2 heterocycles. The molecular formula is C57H75AuN5O7-2. The summed E-state index contributed by atoms with van der Waals surface area (Å²) in [4.78, 5) is 45.1. The summed E-state index contributed by atoms with van der Waals surface area (Å²) < 4.78 is 20.5. The van der Waals surface area contributed by atoms with Crippen LogP contribution in [0.25, 0.3) is 0 Å². The standard InChI is InChI=1S/C30H38N3O7.C27H37N2.Au/c1-20-16-21(2)26(22(3)17-20)33-13-12-32(19-33)14-15-38-29(36)39-24-10-8-23(9-11-24)18-25(27(34)37-7)31-28(35)40-30(4,5)6;1-18(2)22-11-9-12-23(19(3)4)26(22)28-15-16-29(17-28)27-24(20(5)6)13-10-14-25(27)21(7)8;/h8-13,16-17,19,25H,14-15,18H2,1-7H3,(H,31,35);9-21H,1-8H3;/q2*-1;/t25-;;/m1../s1. The maximum Gasteiger partial charge on any atom is 0.513 e. The number of hydrogen-bond acceptors (Lipinski definition) is 11. The third-order valence-corrected chi connectivity index (χ3v) is 11.7. The van der Waals surface area contributed by atoms with Crippen LogP contribution in [0.4, 0.5) is 26.7 Å². The average Bonchev–Trinajstić information content (AvgIpc) is 3.95. The van der Waals surface area contributed by atoms with Gasteiger partial charge in [0.25, 0.3) is 0 Å². The van der Waals surface area contributed by atoms with Gasteiger partial charge in [-0.1, -0.05) is 122 Å². The summed E-state index contributed by atoms with van der Waals surface area (Å²) in [7, 11) is 1.24. The number of para-hydroxylation sites is 2. The molecule has 70 heavy (non-hydrogen) atoms. The molecule has 1 amide bonds. The minimum Gasteiger partial charge on any atom is -0.505 e. The molecule has 1 atom stereocenters. The zero-order valence-electron chi connectivity index (χ0n) is 43.8. The van der Waals surface area contributed by atoms with E-state index in [0.717, 1.165) is 5.69 Å². The van der Waals surface area contributed by atoms with Gasteiger partial charge in [-0.05, 0) is 141 Å². The predicted molar refractivity (Wildman–Crippen MR) is 278 cm³/mol. The van der Waals surface area contributed by atoms with Gasteiger partial charge >= 0.3 is 18.2 Å². The number of nitrogens with one attached hydrogen (secondary N) is 1. The molecular weight excluding hydrogens is 1060 g/mol. The second-order valence-corrected chi connectivity index (χ2v) is 20.0. The molecule has 0 aromatic heterocycles. The fourth-order valence-electron chi connectivity index (χ4n) is 8.55. The second-order valence-electron chi connectivity index (χ2n) is 20.0. The first-order chi connectivity index (χ1) is 32.6. The van der Waals surface area contributed by atoms with E-state index >= 15 is 0 Å². The van der Waals surface area contributed by atoms with Crippen LogP contribution in [0.2, 0.25) is 0 Å². The van der Waals surface area contributed by atoms with E-state index in [2.05, 4.69) is 164 Å². The molecule has 12 nitrogen and oxygen atoms in total. The van der Waals surface area contributed by atoms with E-state index in [9.17, 15) is 14.4 Å². The van der Waals surface area contributed by atoms with E-state index in [1.54, 1.807) is 45.0 Å². The van der Waals surface area contributed by atoms with Crippen molar-refractivity contribution in [2.45, 2.75) is 139 Å². The first kappa shape index (κ1) is 56.9. The van der Waals surface area contributed by atoms with Gasteiger partial charge in [0.2, 0.25) is 0 Å². The number of carbonyl (C=O) groups excluding carboxylic acids is 3. The Kier molecular flexibility index (Phi) is 20.7. The molecule has 4 aromatic rings. The molecule has 2 aliphatic rings. The number of ether oxygens (including phenoxy) is 4. The predicted octanol–water partition coefficient (Wildman–Crippen LogP) is 13.2. The number of aryl methyl sites for hydroxylation is 3. The number of alkyl carbamates (subject to hydrolysis) is 1. The molecule has 4 aromatic carbocycles. The zero-order valence-corrected chi connectivity index (χ0v) is 46.0. The Hall–Kier alpha value is -5.69. The number of nitrogens with zero attached hydrogens (tertiary/aromatic N) is 4. The van der Waals surface area contributed by atoms with Crippen LogP contribution in [0.5, 0.6) is 5.75 Å². The van der Waals surface area contributed by atoms with Crippen molar-refractivity contribution in [2.75, 3.05) is 35.0 Å². The second kappa shape index (κ2) is 25.4. The largest absolute Gasteiger partial charge is 0.513 e. The molecule has 0 unspecified atom stereocenters. The van der Waals surface area contributed by atoms with Gasteiger partial charge in [-0.2, -0.15) is 6.67 Å². The van der Waals surface area contributed by atoms with Crippen LogP contribution in [0.3, 0.4) is 0 Å². The number of esters is 1. The van der Waals surface area contributed by atoms with Gasteiger partial charge in [-0.25, -0.2) is 14.4 Å². The van der Waals surface area contributed by atoms with Crippen molar-refractivity contribution in [3.8, 4) is 5.75 Å². The molecule has 0 saturated carbocycles. The molecule has 0 fully saturated rings. The van der Waals surface area contributed by atoms with E-state index in [-0.39, 0.29) is 41.2 Å². The minimum absolute atomic E-state index is 0. The van der Waals surface area contributed by atoms with Crippen molar-refractivity contribution in [1.29, 1.82) is 0 Å². The van der Waals surface area contributed by atoms with Crippen LogP contribution < -0.4 is 24.8 Å². The molecule has 2 aliphatic heterocycles. The summed E-state index contributed by atoms with van der Waals surface area (Å²) >= 11 is 0. The number of hydrogen-bond donors (Lipinski definition) is 1. The van der Waals surface area contributed by atoms with E-state index in [1.807, 2.05) is 24.0 Å². The van der Waals surface area contributed by atoms with Gasteiger partial charge in [-0.15, -0.1) is 6.67 Å². The third-order valence-electron chi connectivity index (χ3n) is 11.7. The summed E-state index contributed by atoms with van der Waals surface area (Å²) in [6.07, 6.45) is 6.94. The summed E-state index contributed by atoms with van der Waals surface area (Å²) in [5, 5.41) is 2.53. The average molecular weight is 1140 g/mol. The van der Waals surface area contributed by atoms with Gasteiger partial charge < -0.3 is 43.9 Å². The Morgan fingerprint density at radius 3 is 1.54 bits per heavy atom. The quantitative estimate of drug-likeness (QED) is 0.0404. The monoisotopic (exact) mass is 1140 g/mol. The van der Waals surface area contributed by atoms with E-state index < -0.39 is 29.9 Å². The smallest absolute Gasteiger partial charge is 0.505 e. The summed E-state index contributed by atoms with van der Waals surface area (Å²) in [6, 6.07) is 23.4. The number of rotatable bonds is 15. The third kappa shape index (κ3) is 15.4. The number of benzene rings is 4. The maximum atomic E-state index is 12.2. The zero-order chi connectivity index (χ0) is 50.7. The first-order valence-electron chi connectivity index (χ1n) is 24.1. The molecule has 13 heteroatoms. The van der Waals surface area contributed by atoms with Crippen LogP contribution in [-0.4, -0.2) is 55.0 Å². The first-order valence-corrected chi connectivity index (χ1v) is 24.1. The Balaban J connectivity index is 0.000000315. The van der Waals surface area contributed by atoms with Crippen LogP contribution in [0.15, 0.2) is 97.6 Å². The molecule has 383 valence electrons. The van der Waals surface area contributed by atoms with E-state index in [1.165, 1.54) is 57.4 Å². The molecule has 1 N–H and O–H groups in total. The van der Waals surface area contributed by atoms with Crippen LogP contribution in [0, 0.1) is 34.1 Å². The molecule has 6 rings (SSSR count). The van der Waals surface area contributed by atoms with Crippen molar-refractivity contribution < 1.29 is 55.7 Å². The molecule has 0 bridgehead atoms. The molecule has 1 radical (unpaired) electrons. The SMILES string of the molecule is CC(C)c1cccc(C(C)C)c1N1C=CN(c2c(C(C)C)cccc2C(C)C)[CH-]1.COC(=O)[C@@H](Cc1ccc(OC(=O)OCCN2C=CN(c3c(C)cc(C)cc3C)[CH-]2)cc1)NC(=O)OC(C)(C)C.[Au]. The number of carbonyl (C=O) groups is 3. The Bertz CT molecular complexity index is 2310. The number of amides is 1. The van der Waals surface area contributed by atoms with Gasteiger partial charge in [0.05, 0.1) is 7.11 Å². The van der Waals surface area contributed by atoms with E-state index in [0.29, 0.717) is 35.8 Å². The van der Waals surface area contributed by atoms with Crippen LogP contribution in [0.1, 0.15) is 144 Å². The fourth-order valence-corrected chi connectivity index (χ4v) is 8.55. The van der Waals surface area contributed by atoms with Crippen LogP contribution >= 0.6 is 0 Å². The number of anilines is 3. The topological polar surface area (TPSA) is 113 Å². The van der Waals surface area contributed by atoms with Gasteiger partial charge in [0.1, 0.15) is 24.0 Å². The molecule has 0 saturated heterocycles. The van der Waals surface area contributed by atoms with Gasteiger partial charge in [0, 0.05) is 52.4 Å². The Morgan fingerprint density at radius 2 is 1.10 bits per heavy atom. The molecule has 0 aliphatic carbocycles. The van der Waals surface area contributed by atoms with Crippen molar-refractivity contribution in [3.05, 3.63) is 155 Å². The summed E-state index contributed by atoms with van der Waals surface area (Å²) in [5.41, 5.74) is 13.0. The van der Waals surface area contributed by atoms with E-state index in [4.69, 9.17) is 18.9 Å². The number of methoxy groups -OCH3 is 1. The Labute approximate surface area is 433 Å². The van der Waals surface area contributed by atoms with Crippen molar-refractivity contribution >= 4 is 35.3 Å². The minimum atomic E-state index is -0.942. The van der Waals surface area contributed by atoms with Gasteiger partial charge in [-0.3, -0.25) is 0 Å². The van der Waals surface area contributed by atoms with Crippen molar-refractivity contribution in [3.63, 3.8) is 0 Å². The van der Waals surface area contributed by atoms with Crippen molar-refractivity contribution in [1.82, 2.24) is 10.2 Å². The summed E-state index contributed by atoms with van der Waals surface area (Å²) in [5.74, 6) is 1.60. The summed E-state index contributed by atoms with van der Waals surface area (Å²) in [6.45, 7) is 34.5. The van der Waals surface area contributed by atoms with Crippen molar-refractivity contribution in [2.24, 2.45) is 0 Å². The molecule has 0 spiro atoms. The normalized spacial score (nSPS) is 13.7. The van der Waals surface area contributed by atoms with Crippen LogP contribution in [-0.2, 0) is 47.8 Å². The Morgan fingerprint density at radius 1 is 0.643 bits per heavy atom. The maximum absolute atomic E-state index is 12.2.